The van der Waals surface area contributed by atoms with Gasteiger partial charge in [0.05, 0.1) is 19.3 Å². The molecule has 28 heavy (non-hydrogen) atoms. The Morgan fingerprint density at radius 3 is 2.64 bits per heavy atom. The summed E-state index contributed by atoms with van der Waals surface area (Å²) in [6, 6.07) is 7.13. The summed E-state index contributed by atoms with van der Waals surface area (Å²) in [6.07, 6.45) is 3.26. The Morgan fingerprint density at radius 1 is 1.25 bits per heavy atom. The van der Waals surface area contributed by atoms with Gasteiger partial charge in [0.15, 0.2) is 5.82 Å². The fraction of sp³-hybridized carbons (Fsp3) is 0.429. The molecule has 0 unspecified atom stereocenters. The molecule has 1 aromatic carbocycles. The lowest BCUT2D eigenvalue weighted by Crippen LogP contribution is -2.40. The molecule has 1 fully saturated rings. The topological polar surface area (TPSA) is 60.5 Å². The molecular weight excluding hydrogens is 366 g/mol. The predicted molar refractivity (Wildman–Crippen MR) is 101 cm³/mol. The highest BCUT2D eigenvalue weighted by Gasteiger charge is 2.31. The highest BCUT2D eigenvalue weighted by molar-refractivity contribution is 5.73. The second-order valence-corrected chi connectivity index (χ2v) is 7.19. The molecule has 0 radical (unpaired) electrons. The van der Waals surface area contributed by atoms with Gasteiger partial charge in [-0.2, -0.15) is 0 Å². The van der Waals surface area contributed by atoms with Crippen LogP contribution in [0.3, 0.4) is 0 Å². The summed E-state index contributed by atoms with van der Waals surface area (Å²) >= 11 is 0. The smallest absolute Gasteiger partial charge is 0.251 e. The third-order valence-electron chi connectivity index (χ3n) is 4.69. The van der Waals surface area contributed by atoms with Crippen molar-refractivity contribution in [2.24, 2.45) is 5.92 Å². The molecule has 2 aromatic rings. The first-order chi connectivity index (χ1) is 13.4. The van der Waals surface area contributed by atoms with Crippen molar-refractivity contribution in [1.82, 2.24) is 10.3 Å². The van der Waals surface area contributed by atoms with Gasteiger partial charge in [0.1, 0.15) is 5.82 Å². The highest BCUT2D eigenvalue weighted by Crippen LogP contribution is 2.32. The standard InChI is InChI=1S/C21H24F2N2O3/c1-13(25-14(2)26)11-27-18-9-15(10-18)12-28-21-20(23)19(7-8-24-21)16-3-5-17(22)6-4-16/h3-8,13,15,18H,9-12H2,1-2H3,(H,25,26)/t13-,15-,18-/m0/s1. The fourth-order valence-corrected chi connectivity index (χ4v) is 3.19. The van der Waals surface area contributed by atoms with E-state index in [1.807, 2.05) is 6.92 Å². The molecule has 7 heteroatoms. The summed E-state index contributed by atoms with van der Waals surface area (Å²) in [7, 11) is 0. The number of rotatable bonds is 8. The molecule has 1 saturated carbocycles. The van der Waals surface area contributed by atoms with Crippen molar-refractivity contribution in [2.75, 3.05) is 13.2 Å². The van der Waals surface area contributed by atoms with Crippen molar-refractivity contribution in [3.05, 3.63) is 48.2 Å². The number of aromatic nitrogens is 1. The van der Waals surface area contributed by atoms with Gasteiger partial charge in [0.25, 0.3) is 5.88 Å². The number of hydrogen-bond acceptors (Lipinski definition) is 4. The number of halogens is 2. The van der Waals surface area contributed by atoms with Crippen LogP contribution in [0.5, 0.6) is 5.88 Å². The zero-order chi connectivity index (χ0) is 20.1. The Hall–Kier alpha value is -2.54. The van der Waals surface area contributed by atoms with Crippen LogP contribution in [0.25, 0.3) is 11.1 Å². The molecule has 0 saturated heterocycles. The zero-order valence-corrected chi connectivity index (χ0v) is 16.0. The average molecular weight is 390 g/mol. The van der Waals surface area contributed by atoms with Crippen molar-refractivity contribution >= 4 is 5.91 Å². The van der Waals surface area contributed by atoms with Gasteiger partial charge in [-0.05, 0) is 49.4 Å². The minimum absolute atomic E-state index is 0.0275. The highest BCUT2D eigenvalue weighted by atomic mass is 19.1. The SMILES string of the molecule is CC(=O)N[C@@H](C)CO[C@H]1C[C@H](COc2nccc(-c3ccc(F)cc3)c2F)C1. The van der Waals surface area contributed by atoms with E-state index in [-0.39, 0.29) is 35.7 Å². The van der Waals surface area contributed by atoms with Gasteiger partial charge in [-0.15, -0.1) is 0 Å². The van der Waals surface area contributed by atoms with Crippen LogP contribution in [0.1, 0.15) is 26.7 Å². The van der Waals surface area contributed by atoms with Crippen LogP contribution in [0.4, 0.5) is 8.78 Å². The van der Waals surface area contributed by atoms with Crippen LogP contribution in [0.2, 0.25) is 0 Å². The molecule has 5 nitrogen and oxygen atoms in total. The normalized spacial score (nSPS) is 19.6. The summed E-state index contributed by atoms with van der Waals surface area (Å²) in [6.45, 7) is 4.19. The Bertz CT molecular complexity index is 808. The molecule has 0 bridgehead atoms. The third-order valence-corrected chi connectivity index (χ3v) is 4.69. The lowest BCUT2D eigenvalue weighted by atomic mass is 9.83. The minimum atomic E-state index is -0.551. The molecule has 1 aromatic heterocycles. The van der Waals surface area contributed by atoms with E-state index in [1.54, 1.807) is 6.07 Å². The number of amides is 1. The average Bonchev–Trinajstić information content (AvgIpc) is 2.61. The van der Waals surface area contributed by atoms with Gasteiger partial charge in [0, 0.05) is 24.7 Å². The Balaban J connectivity index is 1.47. The van der Waals surface area contributed by atoms with Gasteiger partial charge in [-0.25, -0.2) is 13.8 Å². The lowest BCUT2D eigenvalue weighted by Gasteiger charge is -2.35. The predicted octanol–water partition coefficient (Wildman–Crippen LogP) is 3.73. The van der Waals surface area contributed by atoms with Crippen molar-refractivity contribution in [3.8, 4) is 17.0 Å². The van der Waals surface area contributed by atoms with E-state index in [9.17, 15) is 13.6 Å². The van der Waals surface area contributed by atoms with Gasteiger partial charge in [0.2, 0.25) is 5.91 Å². The van der Waals surface area contributed by atoms with E-state index < -0.39 is 5.82 Å². The number of carbonyl (C=O) groups is 1. The molecule has 1 aliphatic rings. The Labute approximate surface area is 163 Å². The van der Waals surface area contributed by atoms with Crippen molar-refractivity contribution in [3.63, 3.8) is 0 Å². The van der Waals surface area contributed by atoms with Gasteiger partial charge >= 0.3 is 0 Å². The number of benzene rings is 1. The van der Waals surface area contributed by atoms with Crippen LogP contribution < -0.4 is 10.1 Å². The molecule has 150 valence electrons. The van der Waals surface area contributed by atoms with E-state index >= 15 is 0 Å². The van der Waals surface area contributed by atoms with Gasteiger partial charge < -0.3 is 14.8 Å². The number of carbonyl (C=O) groups excluding carboxylic acids is 1. The second-order valence-electron chi connectivity index (χ2n) is 7.19. The molecule has 0 aliphatic heterocycles. The number of pyridine rings is 1. The first-order valence-electron chi connectivity index (χ1n) is 9.34. The Morgan fingerprint density at radius 2 is 1.96 bits per heavy atom. The molecule has 1 atom stereocenters. The van der Waals surface area contributed by atoms with Crippen molar-refractivity contribution < 1.29 is 23.0 Å². The van der Waals surface area contributed by atoms with E-state index in [0.29, 0.717) is 24.3 Å². The maximum atomic E-state index is 14.7. The van der Waals surface area contributed by atoms with Crippen LogP contribution in [-0.4, -0.2) is 36.3 Å². The summed E-state index contributed by atoms with van der Waals surface area (Å²) in [5.41, 5.74) is 0.892. The van der Waals surface area contributed by atoms with Crippen LogP contribution >= 0.6 is 0 Å². The molecular formula is C21H24F2N2O3. The van der Waals surface area contributed by atoms with Crippen molar-refractivity contribution in [2.45, 2.75) is 38.8 Å². The molecule has 0 spiro atoms. The number of nitrogens with zero attached hydrogens (tertiary/aromatic N) is 1. The zero-order valence-electron chi connectivity index (χ0n) is 16.0. The van der Waals surface area contributed by atoms with E-state index in [0.717, 1.165) is 12.8 Å². The van der Waals surface area contributed by atoms with E-state index in [4.69, 9.17) is 9.47 Å². The minimum Gasteiger partial charge on any atom is -0.475 e. The lowest BCUT2D eigenvalue weighted by molar-refractivity contribution is -0.120. The molecule has 1 N–H and O–H groups in total. The van der Waals surface area contributed by atoms with Crippen LogP contribution in [0, 0.1) is 17.6 Å². The first-order valence-corrected chi connectivity index (χ1v) is 9.34. The summed E-state index contributed by atoms with van der Waals surface area (Å²) in [4.78, 5) is 15.0. The van der Waals surface area contributed by atoms with Gasteiger partial charge in [-0.3, -0.25) is 4.79 Å². The second kappa shape index (κ2) is 9.10. The summed E-state index contributed by atoms with van der Waals surface area (Å²) in [5, 5.41) is 2.77. The first kappa shape index (κ1) is 20.2. The maximum absolute atomic E-state index is 14.7. The summed E-state index contributed by atoms with van der Waals surface area (Å²) in [5.74, 6) is -0.774. The molecule has 3 rings (SSSR count). The monoisotopic (exact) mass is 390 g/mol. The van der Waals surface area contributed by atoms with E-state index in [1.165, 1.54) is 37.4 Å². The molecule has 1 amide bonds. The third kappa shape index (κ3) is 5.25. The number of ether oxygens (including phenoxy) is 2. The van der Waals surface area contributed by atoms with Crippen molar-refractivity contribution in [1.29, 1.82) is 0 Å². The number of nitrogens with one attached hydrogen (secondary N) is 1. The molecule has 1 aliphatic carbocycles. The number of hydrogen-bond donors (Lipinski definition) is 1. The van der Waals surface area contributed by atoms with E-state index in [2.05, 4.69) is 10.3 Å². The van der Waals surface area contributed by atoms with Gasteiger partial charge in [-0.1, -0.05) is 12.1 Å². The largest absolute Gasteiger partial charge is 0.475 e. The fourth-order valence-electron chi connectivity index (χ4n) is 3.19. The van der Waals surface area contributed by atoms with Crippen LogP contribution in [-0.2, 0) is 9.53 Å². The maximum Gasteiger partial charge on any atom is 0.251 e. The summed E-state index contributed by atoms with van der Waals surface area (Å²) < 4.78 is 39.1. The van der Waals surface area contributed by atoms with Crippen LogP contribution in [0.15, 0.2) is 36.5 Å². The Kier molecular flexibility index (Phi) is 6.57. The molecule has 1 heterocycles. The quantitative estimate of drug-likeness (QED) is 0.746.